The Kier molecular flexibility index (Phi) is 5.55. The van der Waals surface area contributed by atoms with Crippen molar-refractivity contribution in [3.8, 4) is 6.07 Å². The van der Waals surface area contributed by atoms with Gasteiger partial charge >= 0.3 is 0 Å². The molecule has 1 aromatic carbocycles. The molecule has 1 aromatic rings. The van der Waals surface area contributed by atoms with E-state index in [1.807, 2.05) is 36.4 Å². The van der Waals surface area contributed by atoms with E-state index in [1.165, 1.54) is 6.92 Å². The number of carbonyl (C=O) groups is 2. The first kappa shape index (κ1) is 14.7. The number of nitrogens with one attached hydrogen (secondary N) is 2. The highest BCUT2D eigenvalue weighted by molar-refractivity contribution is 5.87. The summed E-state index contributed by atoms with van der Waals surface area (Å²) in [6.07, 6.45) is 0.393. The van der Waals surface area contributed by atoms with E-state index in [2.05, 4.69) is 10.6 Å². The fourth-order valence-corrected chi connectivity index (χ4v) is 1.65. The lowest BCUT2D eigenvalue weighted by Crippen LogP contribution is -2.49. The molecule has 2 N–H and O–H groups in total. The molecule has 5 nitrogen and oxygen atoms in total. The quantitative estimate of drug-likeness (QED) is 0.819. The highest BCUT2D eigenvalue weighted by Gasteiger charge is 2.21. The van der Waals surface area contributed by atoms with Crippen molar-refractivity contribution >= 4 is 11.8 Å². The highest BCUT2D eigenvalue weighted by atomic mass is 16.2. The SMILES string of the molecule is CC(=O)N[C@@H](Cc1ccccc1)C(=O)NC(C)C#N. The van der Waals surface area contributed by atoms with Crippen molar-refractivity contribution in [1.29, 1.82) is 5.26 Å². The molecule has 0 saturated carbocycles. The minimum Gasteiger partial charge on any atom is -0.344 e. The Labute approximate surface area is 112 Å². The molecule has 0 saturated heterocycles. The Hall–Kier alpha value is -2.35. The van der Waals surface area contributed by atoms with E-state index in [4.69, 9.17) is 5.26 Å². The molecular formula is C14H17N3O2. The van der Waals surface area contributed by atoms with Gasteiger partial charge in [-0.1, -0.05) is 30.3 Å². The zero-order valence-corrected chi connectivity index (χ0v) is 11.0. The molecular weight excluding hydrogens is 242 g/mol. The topological polar surface area (TPSA) is 82.0 Å². The minimum atomic E-state index is -0.671. The maximum absolute atomic E-state index is 12.0. The molecule has 0 aliphatic heterocycles. The maximum atomic E-state index is 12.0. The first-order chi connectivity index (χ1) is 9.02. The number of carbonyl (C=O) groups excluding carboxylic acids is 2. The van der Waals surface area contributed by atoms with E-state index in [1.54, 1.807) is 6.92 Å². The molecule has 0 fully saturated rings. The Morgan fingerprint density at radius 1 is 1.26 bits per heavy atom. The van der Waals surface area contributed by atoms with Crippen molar-refractivity contribution < 1.29 is 9.59 Å². The van der Waals surface area contributed by atoms with Crippen LogP contribution in [0.4, 0.5) is 0 Å². The van der Waals surface area contributed by atoms with Crippen molar-refractivity contribution in [2.45, 2.75) is 32.4 Å². The van der Waals surface area contributed by atoms with Crippen LogP contribution in [0.25, 0.3) is 0 Å². The van der Waals surface area contributed by atoms with Crippen LogP contribution in [0.2, 0.25) is 0 Å². The number of hydrogen-bond acceptors (Lipinski definition) is 3. The molecule has 5 heteroatoms. The number of nitrogens with zero attached hydrogens (tertiary/aromatic N) is 1. The summed E-state index contributed by atoms with van der Waals surface area (Å²) in [4.78, 5) is 23.1. The van der Waals surface area contributed by atoms with Crippen LogP contribution in [0.3, 0.4) is 0 Å². The van der Waals surface area contributed by atoms with Crippen LogP contribution in [-0.4, -0.2) is 23.9 Å². The van der Waals surface area contributed by atoms with Gasteiger partial charge in [0.2, 0.25) is 11.8 Å². The second-order valence-corrected chi connectivity index (χ2v) is 4.30. The first-order valence-electron chi connectivity index (χ1n) is 6.04. The summed E-state index contributed by atoms with van der Waals surface area (Å²) in [5.41, 5.74) is 0.945. The molecule has 1 rings (SSSR count). The third-order valence-electron chi connectivity index (χ3n) is 2.53. The molecule has 1 unspecified atom stereocenters. The van der Waals surface area contributed by atoms with Gasteiger partial charge in [-0.15, -0.1) is 0 Å². The van der Waals surface area contributed by atoms with Gasteiger partial charge in [0.1, 0.15) is 12.1 Å². The summed E-state index contributed by atoms with van der Waals surface area (Å²) < 4.78 is 0. The fraction of sp³-hybridized carbons (Fsp3) is 0.357. The molecule has 0 bridgehead atoms. The van der Waals surface area contributed by atoms with E-state index in [9.17, 15) is 9.59 Å². The van der Waals surface area contributed by atoms with E-state index in [-0.39, 0.29) is 11.8 Å². The van der Waals surface area contributed by atoms with Crippen molar-refractivity contribution in [2.24, 2.45) is 0 Å². The number of amides is 2. The lowest BCUT2D eigenvalue weighted by Gasteiger charge is -2.18. The summed E-state index contributed by atoms with van der Waals surface area (Å²) in [5, 5.41) is 13.8. The standard InChI is InChI=1S/C14H17N3O2/c1-10(9-15)16-14(19)13(17-11(2)18)8-12-6-4-3-5-7-12/h3-7,10,13H,8H2,1-2H3,(H,16,19)(H,17,18)/t10?,13-/m0/s1. The van der Waals surface area contributed by atoms with Gasteiger partial charge in [0.15, 0.2) is 0 Å². The first-order valence-corrected chi connectivity index (χ1v) is 6.04. The molecule has 2 amide bonds. The van der Waals surface area contributed by atoms with E-state index in [0.717, 1.165) is 5.56 Å². The van der Waals surface area contributed by atoms with Crippen LogP contribution in [0.15, 0.2) is 30.3 Å². The fourth-order valence-electron chi connectivity index (χ4n) is 1.65. The number of rotatable bonds is 5. The Balaban J connectivity index is 2.74. The van der Waals surface area contributed by atoms with Gasteiger partial charge in [-0.05, 0) is 12.5 Å². The van der Waals surface area contributed by atoms with Crippen LogP contribution < -0.4 is 10.6 Å². The van der Waals surface area contributed by atoms with Crippen molar-refractivity contribution in [3.05, 3.63) is 35.9 Å². The van der Waals surface area contributed by atoms with Crippen molar-refractivity contribution in [1.82, 2.24) is 10.6 Å². The lowest BCUT2D eigenvalue weighted by atomic mass is 10.0. The van der Waals surface area contributed by atoms with Gasteiger partial charge in [0, 0.05) is 13.3 Å². The molecule has 0 aromatic heterocycles. The van der Waals surface area contributed by atoms with Crippen LogP contribution in [0.1, 0.15) is 19.4 Å². The van der Waals surface area contributed by atoms with Gasteiger partial charge in [-0.2, -0.15) is 5.26 Å². The van der Waals surface area contributed by atoms with Crippen LogP contribution in [-0.2, 0) is 16.0 Å². The molecule has 0 spiro atoms. The molecule has 0 aliphatic rings. The summed E-state index contributed by atoms with van der Waals surface area (Å²) >= 11 is 0. The average Bonchev–Trinajstić information content (AvgIpc) is 2.38. The second-order valence-electron chi connectivity index (χ2n) is 4.30. The van der Waals surface area contributed by atoms with Crippen molar-refractivity contribution in [2.75, 3.05) is 0 Å². The molecule has 100 valence electrons. The summed E-state index contributed by atoms with van der Waals surface area (Å²) in [7, 11) is 0. The monoisotopic (exact) mass is 259 g/mol. The molecule has 0 radical (unpaired) electrons. The second kappa shape index (κ2) is 7.17. The largest absolute Gasteiger partial charge is 0.344 e. The third-order valence-corrected chi connectivity index (χ3v) is 2.53. The normalized spacial score (nSPS) is 12.9. The Morgan fingerprint density at radius 2 is 1.89 bits per heavy atom. The van der Waals surface area contributed by atoms with Gasteiger partial charge in [0.25, 0.3) is 0 Å². The molecule has 2 atom stereocenters. The number of benzene rings is 1. The van der Waals surface area contributed by atoms with Crippen LogP contribution >= 0.6 is 0 Å². The van der Waals surface area contributed by atoms with Crippen LogP contribution in [0, 0.1) is 11.3 Å². The summed E-state index contributed by atoms with van der Waals surface area (Å²) in [6, 6.07) is 10.1. The smallest absolute Gasteiger partial charge is 0.243 e. The summed E-state index contributed by atoms with van der Waals surface area (Å²) in [6.45, 7) is 2.95. The van der Waals surface area contributed by atoms with E-state index < -0.39 is 12.1 Å². The molecule has 0 aliphatic carbocycles. The lowest BCUT2D eigenvalue weighted by molar-refractivity contribution is -0.128. The Morgan fingerprint density at radius 3 is 2.42 bits per heavy atom. The molecule has 19 heavy (non-hydrogen) atoms. The maximum Gasteiger partial charge on any atom is 0.243 e. The third kappa shape index (κ3) is 5.21. The van der Waals surface area contributed by atoms with E-state index in [0.29, 0.717) is 6.42 Å². The number of nitriles is 1. The average molecular weight is 259 g/mol. The van der Waals surface area contributed by atoms with E-state index >= 15 is 0 Å². The molecule has 0 heterocycles. The Bertz CT molecular complexity index is 479. The predicted molar refractivity (Wildman–Crippen MR) is 71.0 cm³/mol. The predicted octanol–water partition coefficient (Wildman–Crippen LogP) is 0.762. The zero-order valence-electron chi connectivity index (χ0n) is 11.0. The van der Waals surface area contributed by atoms with Crippen LogP contribution in [0.5, 0.6) is 0 Å². The van der Waals surface area contributed by atoms with Gasteiger partial charge in [-0.25, -0.2) is 0 Å². The van der Waals surface area contributed by atoms with Gasteiger partial charge in [-0.3, -0.25) is 9.59 Å². The zero-order chi connectivity index (χ0) is 14.3. The van der Waals surface area contributed by atoms with Gasteiger partial charge < -0.3 is 10.6 Å². The number of hydrogen-bond donors (Lipinski definition) is 2. The van der Waals surface area contributed by atoms with Gasteiger partial charge in [0.05, 0.1) is 6.07 Å². The minimum absolute atomic E-state index is 0.277. The summed E-state index contributed by atoms with van der Waals surface area (Å²) in [5.74, 6) is -0.631. The highest BCUT2D eigenvalue weighted by Crippen LogP contribution is 2.04. The van der Waals surface area contributed by atoms with Crippen molar-refractivity contribution in [3.63, 3.8) is 0 Å².